The minimum atomic E-state index is -0.728. The van der Waals surface area contributed by atoms with Gasteiger partial charge in [-0.2, -0.15) is 5.10 Å². The summed E-state index contributed by atoms with van der Waals surface area (Å²) in [5, 5.41) is 9.05. The molecule has 0 aromatic carbocycles. The largest absolute Gasteiger partial charge is 0.352 e. The number of amides is 3. The van der Waals surface area contributed by atoms with Gasteiger partial charge in [-0.3, -0.25) is 9.48 Å². The third-order valence-corrected chi connectivity index (χ3v) is 2.52. The van der Waals surface area contributed by atoms with Gasteiger partial charge in [0.05, 0.1) is 12.6 Å². The molecule has 1 rings (SSSR count). The molecule has 0 unspecified atom stereocenters. The second-order valence-corrected chi connectivity index (χ2v) is 4.71. The number of hydrogen-bond acceptors (Lipinski definition) is 4. The lowest BCUT2D eigenvalue weighted by atomic mass is 10.0. The van der Waals surface area contributed by atoms with Crippen molar-refractivity contribution >= 4 is 11.9 Å². The zero-order chi connectivity index (χ0) is 14.4. The van der Waals surface area contributed by atoms with E-state index >= 15 is 0 Å². The monoisotopic (exact) mass is 268 g/mol. The van der Waals surface area contributed by atoms with Crippen molar-refractivity contribution in [1.29, 1.82) is 0 Å². The van der Waals surface area contributed by atoms with Crippen molar-refractivity contribution in [3.05, 3.63) is 12.2 Å². The molecule has 0 aliphatic carbocycles. The van der Waals surface area contributed by atoms with Crippen LogP contribution in [0.4, 0.5) is 4.79 Å². The molecule has 0 aliphatic rings. The molecule has 8 nitrogen and oxygen atoms in total. The van der Waals surface area contributed by atoms with Crippen molar-refractivity contribution in [2.75, 3.05) is 6.54 Å². The fraction of sp³-hybridized carbons (Fsp3) is 0.636. The van der Waals surface area contributed by atoms with Crippen LogP contribution in [0.3, 0.4) is 0 Å². The maximum Gasteiger partial charge on any atom is 0.312 e. The Kier molecular flexibility index (Phi) is 5.28. The summed E-state index contributed by atoms with van der Waals surface area (Å²) in [6.45, 7) is 3.95. The number of carbonyl (C=O) groups is 2. The first-order chi connectivity index (χ1) is 8.90. The first-order valence-electron chi connectivity index (χ1n) is 6.06. The fourth-order valence-corrected chi connectivity index (χ4v) is 1.73. The van der Waals surface area contributed by atoms with Crippen molar-refractivity contribution in [2.45, 2.75) is 26.3 Å². The van der Waals surface area contributed by atoms with Gasteiger partial charge in [0, 0.05) is 7.05 Å². The minimum absolute atomic E-state index is 0.151. The van der Waals surface area contributed by atoms with E-state index in [1.54, 1.807) is 11.7 Å². The van der Waals surface area contributed by atoms with E-state index in [2.05, 4.69) is 34.6 Å². The van der Waals surface area contributed by atoms with E-state index < -0.39 is 6.03 Å². The standard InChI is InChI=1S/C11H20N6O2/c1-7(2)4-8(10-14-6-15-17(10)3)16-9(18)5-13-11(12)19/h6-8H,4-5H2,1-3H3,(H,16,18)(H3,12,13,19)/t8-/m0/s1. The van der Waals surface area contributed by atoms with Gasteiger partial charge in [-0.25, -0.2) is 9.78 Å². The van der Waals surface area contributed by atoms with Gasteiger partial charge in [-0.05, 0) is 12.3 Å². The van der Waals surface area contributed by atoms with Gasteiger partial charge in [-0.15, -0.1) is 0 Å². The normalized spacial score (nSPS) is 12.2. The summed E-state index contributed by atoms with van der Waals surface area (Å²) in [5.41, 5.74) is 4.91. The lowest BCUT2D eigenvalue weighted by molar-refractivity contribution is -0.121. The first-order valence-corrected chi connectivity index (χ1v) is 6.06. The molecular weight excluding hydrogens is 248 g/mol. The summed E-state index contributed by atoms with van der Waals surface area (Å²) in [5.74, 6) is 0.750. The average Bonchev–Trinajstić information content (AvgIpc) is 2.71. The molecular formula is C11H20N6O2. The molecule has 0 saturated carbocycles. The van der Waals surface area contributed by atoms with Crippen LogP contribution in [0.5, 0.6) is 0 Å². The maximum absolute atomic E-state index is 11.7. The van der Waals surface area contributed by atoms with Crippen LogP contribution in [0.1, 0.15) is 32.1 Å². The van der Waals surface area contributed by atoms with Crippen molar-refractivity contribution in [3.8, 4) is 0 Å². The predicted molar refractivity (Wildman–Crippen MR) is 68.9 cm³/mol. The molecule has 0 radical (unpaired) electrons. The second kappa shape index (κ2) is 6.72. The number of nitrogens with one attached hydrogen (secondary N) is 2. The number of urea groups is 1. The summed E-state index contributed by atoms with van der Waals surface area (Å²) in [6, 6.07) is -0.969. The number of aryl methyl sites for hydroxylation is 1. The van der Waals surface area contributed by atoms with Crippen LogP contribution in [0, 0.1) is 5.92 Å². The van der Waals surface area contributed by atoms with Crippen LogP contribution in [0.2, 0.25) is 0 Å². The van der Waals surface area contributed by atoms with Crippen LogP contribution in [-0.4, -0.2) is 33.2 Å². The number of primary amides is 1. The molecule has 1 atom stereocenters. The van der Waals surface area contributed by atoms with Gasteiger partial charge >= 0.3 is 6.03 Å². The highest BCUT2D eigenvalue weighted by Crippen LogP contribution is 2.18. The molecule has 0 saturated heterocycles. The fourth-order valence-electron chi connectivity index (χ4n) is 1.73. The van der Waals surface area contributed by atoms with Crippen LogP contribution in [0.25, 0.3) is 0 Å². The van der Waals surface area contributed by atoms with Crippen LogP contribution < -0.4 is 16.4 Å². The number of hydrogen-bond donors (Lipinski definition) is 3. The van der Waals surface area contributed by atoms with E-state index in [4.69, 9.17) is 5.73 Å². The number of rotatable bonds is 6. The third kappa shape index (κ3) is 4.94. The van der Waals surface area contributed by atoms with Crippen molar-refractivity contribution in [2.24, 2.45) is 18.7 Å². The Bertz CT molecular complexity index is 442. The molecule has 3 amide bonds. The average molecular weight is 268 g/mol. The highest BCUT2D eigenvalue weighted by atomic mass is 16.2. The molecule has 0 bridgehead atoms. The highest BCUT2D eigenvalue weighted by molar-refractivity contribution is 5.83. The SMILES string of the molecule is CC(C)C[C@H](NC(=O)CNC(N)=O)c1ncnn1C. The molecule has 8 heteroatoms. The third-order valence-electron chi connectivity index (χ3n) is 2.52. The summed E-state index contributed by atoms with van der Waals surface area (Å²) < 4.78 is 1.62. The van der Waals surface area contributed by atoms with Gasteiger partial charge in [-0.1, -0.05) is 13.8 Å². The molecule has 19 heavy (non-hydrogen) atoms. The zero-order valence-electron chi connectivity index (χ0n) is 11.4. The lowest BCUT2D eigenvalue weighted by Gasteiger charge is -2.19. The van der Waals surface area contributed by atoms with Gasteiger partial charge < -0.3 is 16.4 Å². The van der Waals surface area contributed by atoms with E-state index in [1.807, 2.05) is 0 Å². The summed E-state index contributed by atoms with van der Waals surface area (Å²) in [6.07, 6.45) is 2.17. The van der Waals surface area contributed by atoms with E-state index in [9.17, 15) is 9.59 Å². The van der Waals surface area contributed by atoms with Crippen molar-refractivity contribution < 1.29 is 9.59 Å². The van der Waals surface area contributed by atoms with Crippen molar-refractivity contribution in [1.82, 2.24) is 25.4 Å². The summed E-state index contributed by atoms with van der Waals surface area (Å²) in [7, 11) is 1.77. The molecule has 1 aromatic heterocycles. The van der Waals surface area contributed by atoms with Crippen LogP contribution >= 0.6 is 0 Å². The van der Waals surface area contributed by atoms with Crippen LogP contribution in [-0.2, 0) is 11.8 Å². The van der Waals surface area contributed by atoms with E-state index in [-0.39, 0.29) is 18.5 Å². The second-order valence-electron chi connectivity index (χ2n) is 4.71. The van der Waals surface area contributed by atoms with E-state index in [1.165, 1.54) is 6.33 Å². The minimum Gasteiger partial charge on any atom is -0.352 e. The van der Waals surface area contributed by atoms with Crippen LogP contribution in [0.15, 0.2) is 6.33 Å². The van der Waals surface area contributed by atoms with Gasteiger partial charge in [0.15, 0.2) is 0 Å². The molecule has 0 fully saturated rings. The number of carbonyl (C=O) groups excluding carboxylic acids is 2. The Labute approximate surface area is 111 Å². The Morgan fingerprint density at radius 1 is 1.47 bits per heavy atom. The summed E-state index contributed by atoms with van der Waals surface area (Å²) >= 11 is 0. The predicted octanol–water partition coefficient (Wildman–Crippen LogP) is -0.313. The number of nitrogens with two attached hydrogens (primary N) is 1. The molecule has 4 N–H and O–H groups in total. The Morgan fingerprint density at radius 3 is 2.63 bits per heavy atom. The quantitative estimate of drug-likeness (QED) is 0.656. The Hall–Kier alpha value is -2.12. The van der Waals surface area contributed by atoms with Gasteiger partial charge in [0.25, 0.3) is 0 Å². The smallest absolute Gasteiger partial charge is 0.312 e. The summed E-state index contributed by atoms with van der Waals surface area (Å²) in [4.78, 5) is 26.4. The van der Waals surface area contributed by atoms with Crippen molar-refractivity contribution in [3.63, 3.8) is 0 Å². The first kappa shape index (κ1) is 14.9. The van der Waals surface area contributed by atoms with Gasteiger partial charge in [0.2, 0.25) is 5.91 Å². The topological polar surface area (TPSA) is 115 Å². The molecule has 1 heterocycles. The highest BCUT2D eigenvalue weighted by Gasteiger charge is 2.20. The Balaban J connectivity index is 2.68. The van der Waals surface area contributed by atoms with E-state index in [0.717, 1.165) is 6.42 Å². The molecule has 1 aromatic rings. The maximum atomic E-state index is 11.7. The van der Waals surface area contributed by atoms with Gasteiger partial charge in [0.1, 0.15) is 12.2 Å². The number of nitrogens with zero attached hydrogens (tertiary/aromatic N) is 3. The Morgan fingerprint density at radius 2 is 2.16 bits per heavy atom. The van der Waals surface area contributed by atoms with E-state index in [0.29, 0.717) is 11.7 Å². The molecule has 0 aliphatic heterocycles. The zero-order valence-corrected chi connectivity index (χ0v) is 11.4. The number of aromatic nitrogens is 3. The molecule has 0 spiro atoms. The lowest BCUT2D eigenvalue weighted by Crippen LogP contribution is -2.41. The molecule has 106 valence electrons.